The Bertz CT molecular complexity index is 571. The van der Waals surface area contributed by atoms with Gasteiger partial charge in [0.25, 0.3) is 0 Å². The zero-order valence-corrected chi connectivity index (χ0v) is 19.5. The van der Waals surface area contributed by atoms with Crippen molar-refractivity contribution in [2.45, 2.75) is 96.8 Å². The molecule has 4 nitrogen and oxygen atoms in total. The van der Waals surface area contributed by atoms with Crippen molar-refractivity contribution in [3.8, 4) is 0 Å². The normalized spacial score (nSPS) is 12.0. The zero-order valence-electron chi connectivity index (χ0n) is 18.6. The predicted octanol–water partition coefficient (Wildman–Crippen LogP) is 7.56. The molecule has 0 saturated carbocycles. The molecular formula is C24H44N3OP. The summed E-state index contributed by atoms with van der Waals surface area (Å²) in [7, 11) is -3.26. The lowest BCUT2D eigenvalue weighted by Gasteiger charge is -2.27. The van der Waals surface area contributed by atoms with Crippen LogP contribution in [0, 0.1) is 0 Å². The van der Waals surface area contributed by atoms with Crippen molar-refractivity contribution in [3.63, 3.8) is 0 Å². The maximum atomic E-state index is 12.2. The molecule has 1 aromatic carbocycles. The summed E-state index contributed by atoms with van der Waals surface area (Å²) < 4.78 is 13.8. The highest BCUT2D eigenvalue weighted by molar-refractivity contribution is 7.60. The van der Waals surface area contributed by atoms with Gasteiger partial charge in [0.2, 0.25) is 0 Å². The Balaban J connectivity index is 2.00. The van der Waals surface area contributed by atoms with Crippen LogP contribution in [0.1, 0.15) is 96.8 Å². The van der Waals surface area contributed by atoms with Gasteiger partial charge in [-0.1, -0.05) is 95.1 Å². The summed E-state index contributed by atoms with van der Waals surface area (Å²) in [6.07, 6.45) is 22.6. The van der Waals surface area contributed by atoms with E-state index in [0.29, 0.717) is 6.54 Å². The summed E-state index contributed by atoms with van der Waals surface area (Å²) in [6.45, 7) is 2.92. The van der Waals surface area contributed by atoms with Crippen LogP contribution >= 0.6 is 7.59 Å². The van der Waals surface area contributed by atoms with Gasteiger partial charge in [-0.25, -0.2) is 0 Å². The highest BCUT2D eigenvalue weighted by atomic mass is 31.2. The van der Waals surface area contributed by atoms with E-state index in [1.54, 1.807) is 4.67 Å². The number of unbranched alkanes of at least 4 members (excludes halogenated alkanes) is 12. The molecule has 0 atom stereocenters. The molecule has 0 aliphatic heterocycles. The minimum Gasteiger partial charge on any atom is -0.300 e. The number of para-hydroxylation sites is 1. The van der Waals surface area contributed by atoms with E-state index in [0.717, 1.165) is 18.5 Å². The summed E-state index contributed by atoms with van der Waals surface area (Å²) >= 11 is 0. The zero-order chi connectivity index (χ0) is 21.2. The van der Waals surface area contributed by atoms with Crippen LogP contribution in [0.5, 0.6) is 0 Å². The topological polar surface area (TPSA) is 72.3 Å². The lowest BCUT2D eigenvalue weighted by atomic mass is 10.1. The summed E-state index contributed by atoms with van der Waals surface area (Å²) in [5.41, 5.74) is 12.3. The average molecular weight is 422 g/mol. The lowest BCUT2D eigenvalue weighted by Crippen LogP contribution is -2.29. The van der Waals surface area contributed by atoms with Crippen LogP contribution in [0.2, 0.25) is 0 Å². The second kappa shape index (κ2) is 16.7. The number of nitrogens with zero attached hydrogens (tertiary/aromatic N) is 1. The van der Waals surface area contributed by atoms with E-state index < -0.39 is 7.59 Å². The first-order chi connectivity index (χ1) is 14.1. The van der Waals surface area contributed by atoms with Gasteiger partial charge in [0.15, 0.2) is 0 Å². The lowest BCUT2D eigenvalue weighted by molar-refractivity contribution is 0.566. The van der Waals surface area contributed by atoms with Gasteiger partial charge in [-0.05, 0) is 44.2 Å². The van der Waals surface area contributed by atoms with Gasteiger partial charge in [-0.15, -0.1) is 0 Å². The molecule has 0 unspecified atom stereocenters. The largest absolute Gasteiger partial charge is 0.300 e. The SMILES string of the molecule is CCCCCCCC/C=C\CCCCCCCCN(c1ccccc1)P(N)(N)=O. The molecule has 0 fully saturated rings. The Morgan fingerprint density at radius 2 is 1.24 bits per heavy atom. The molecule has 0 amide bonds. The van der Waals surface area contributed by atoms with E-state index >= 15 is 0 Å². The van der Waals surface area contributed by atoms with E-state index in [4.69, 9.17) is 11.0 Å². The molecule has 29 heavy (non-hydrogen) atoms. The second-order valence-electron chi connectivity index (χ2n) is 8.07. The molecule has 0 spiro atoms. The fourth-order valence-corrected chi connectivity index (χ4v) is 4.52. The summed E-state index contributed by atoms with van der Waals surface area (Å²) in [5, 5.41) is 0. The molecule has 1 aromatic rings. The van der Waals surface area contributed by atoms with Crippen LogP contribution in [0.15, 0.2) is 42.5 Å². The van der Waals surface area contributed by atoms with Crippen molar-refractivity contribution in [2.24, 2.45) is 11.0 Å². The van der Waals surface area contributed by atoms with Crippen molar-refractivity contribution in [3.05, 3.63) is 42.5 Å². The molecule has 166 valence electrons. The Morgan fingerprint density at radius 3 is 1.76 bits per heavy atom. The fourth-order valence-electron chi connectivity index (χ4n) is 3.58. The maximum absolute atomic E-state index is 12.2. The van der Waals surface area contributed by atoms with E-state index in [-0.39, 0.29) is 0 Å². The van der Waals surface area contributed by atoms with E-state index in [9.17, 15) is 4.57 Å². The molecule has 0 bridgehead atoms. The van der Waals surface area contributed by atoms with E-state index in [1.807, 2.05) is 30.3 Å². The standard InChI is InChI=1S/C24H44N3OP/c1-2-3-4-5-6-7-8-9-10-11-12-13-14-15-16-20-23-27(29(25,26)28)24-21-18-17-19-22-24/h9-10,17-19,21-22H,2-8,11-16,20,23H2,1H3,(H4,25,26,28)/b10-9-. The molecule has 0 radical (unpaired) electrons. The summed E-state index contributed by atoms with van der Waals surface area (Å²) in [5.74, 6) is 0. The van der Waals surface area contributed by atoms with E-state index in [2.05, 4.69) is 19.1 Å². The van der Waals surface area contributed by atoms with Crippen molar-refractivity contribution in [2.75, 3.05) is 11.2 Å². The third-order valence-corrected chi connectivity index (χ3v) is 6.50. The van der Waals surface area contributed by atoms with Gasteiger partial charge < -0.3 is 0 Å². The Labute approximate surface area is 179 Å². The summed E-state index contributed by atoms with van der Waals surface area (Å²) in [4.78, 5) is 0. The average Bonchev–Trinajstić information content (AvgIpc) is 2.70. The molecule has 0 aliphatic carbocycles. The van der Waals surface area contributed by atoms with Gasteiger partial charge in [-0.2, -0.15) is 0 Å². The second-order valence-corrected chi connectivity index (χ2v) is 9.90. The highest BCUT2D eigenvalue weighted by Gasteiger charge is 2.20. The Kier molecular flexibility index (Phi) is 14.9. The smallest absolute Gasteiger partial charge is 0.300 e. The molecule has 1 rings (SSSR count). The molecule has 0 heterocycles. The fraction of sp³-hybridized carbons (Fsp3) is 0.667. The number of benzene rings is 1. The number of nitrogens with two attached hydrogens (primary N) is 2. The van der Waals surface area contributed by atoms with Crippen LogP contribution in [-0.2, 0) is 4.57 Å². The van der Waals surface area contributed by atoms with E-state index in [1.165, 1.54) is 77.0 Å². The van der Waals surface area contributed by atoms with Crippen LogP contribution in [0.25, 0.3) is 0 Å². The van der Waals surface area contributed by atoms with Crippen molar-refractivity contribution in [1.82, 2.24) is 0 Å². The van der Waals surface area contributed by atoms with Crippen LogP contribution < -0.4 is 15.7 Å². The molecule has 0 aliphatic rings. The Hall–Kier alpha value is -1.09. The molecular weight excluding hydrogens is 377 g/mol. The maximum Gasteiger partial charge on any atom is 0.300 e. The first kappa shape index (κ1) is 25.9. The van der Waals surface area contributed by atoms with Crippen molar-refractivity contribution in [1.29, 1.82) is 0 Å². The minimum atomic E-state index is -3.26. The molecule has 5 heteroatoms. The quantitative estimate of drug-likeness (QED) is 0.146. The predicted molar refractivity (Wildman–Crippen MR) is 129 cm³/mol. The van der Waals surface area contributed by atoms with Gasteiger partial charge in [-0.3, -0.25) is 20.2 Å². The third kappa shape index (κ3) is 13.7. The third-order valence-electron chi connectivity index (χ3n) is 5.31. The van der Waals surface area contributed by atoms with Crippen LogP contribution in [0.4, 0.5) is 5.69 Å². The first-order valence-electron chi connectivity index (χ1n) is 11.7. The molecule has 0 aromatic heterocycles. The first-order valence-corrected chi connectivity index (χ1v) is 13.5. The van der Waals surface area contributed by atoms with Gasteiger partial charge in [0.05, 0.1) is 0 Å². The van der Waals surface area contributed by atoms with Crippen LogP contribution in [-0.4, -0.2) is 6.54 Å². The highest BCUT2D eigenvalue weighted by Crippen LogP contribution is 2.37. The van der Waals surface area contributed by atoms with Crippen LogP contribution in [0.3, 0.4) is 0 Å². The monoisotopic (exact) mass is 421 g/mol. The number of hydrogen-bond donors (Lipinski definition) is 2. The van der Waals surface area contributed by atoms with Crippen molar-refractivity contribution >= 4 is 13.3 Å². The minimum absolute atomic E-state index is 0.648. The van der Waals surface area contributed by atoms with Gasteiger partial charge in [0.1, 0.15) is 0 Å². The number of anilines is 1. The summed E-state index contributed by atoms with van der Waals surface area (Å²) in [6, 6.07) is 9.59. The van der Waals surface area contributed by atoms with Crippen molar-refractivity contribution < 1.29 is 4.57 Å². The Morgan fingerprint density at radius 1 is 0.759 bits per heavy atom. The number of hydrogen-bond acceptors (Lipinski definition) is 1. The van der Waals surface area contributed by atoms with Gasteiger partial charge in [0, 0.05) is 12.2 Å². The van der Waals surface area contributed by atoms with Gasteiger partial charge >= 0.3 is 7.59 Å². The number of allylic oxidation sites excluding steroid dienone is 2. The molecule has 4 N–H and O–H groups in total. The number of rotatable bonds is 18. The molecule has 0 saturated heterocycles.